The SMILES string of the molecule is CC.CNC(=O)Cc1c[nH]c2ccccc12. The van der Waals surface area contributed by atoms with Gasteiger partial charge in [0, 0.05) is 24.1 Å². The van der Waals surface area contributed by atoms with Crippen LogP contribution < -0.4 is 5.32 Å². The second-order valence-electron chi connectivity index (χ2n) is 3.21. The second kappa shape index (κ2) is 5.95. The summed E-state index contributed by atoms with van der Waals surface area (Å²) in [4.78, 5) is 14.3. The number of nitrogens with one attached hydrogen (secondary N) is 2. The topological polar surface area (TPSA) is 44.9 Å². The van der Waals surface area contributed by atoms with E-state index >= 15 is 0 Å². The molecule has 86 valence electrons. The largest absolute Gasteiger partial charge is 0.361 e. The minimum atomic E-state index is 0.0368. The third-order valence-electron chi connectivity index (χ3n) is 2.30. The van der Waals surface area contributed by atoms with Crippen molar-refractivity contribution in [2.24, 2.45) is 0 Å². The summed E-state index contributed by atoms with van der Waals surface area (Å²) in [6.07, 6.45) is 2.32. The zero-order valence-electron chi connectivity index (χ0n) is 10.0. The Labute approximate surface area is 95.9 Å². The van der Waals surface area contributed by atoms with Gasteiger partial charge in [-0.2, -0.15) is 0 Å². The van der Waals surface area contributed by atoms with Gasteiger partial charge in [0.2, 0.25) is 5.91 Å². The molecule has 3 nitrogen and oxygen atoms in total. The van der Waals surface area contributed by atoms with Crippen molar-refractivity contribution in [3.63, 3.8) is 0 Å². The number of hydrogen-bond donors (Lipinski definition) is 2. The lowest BCUT2D eigenvalue weighted by atomic mass is 10.1. The Bertz CT molecular complexity index is 460. The number of hydrogen-bond acceptors (Lipinski definition) is 1. The number of likely N-dealkylation sites (N-methyl/N-ethyl adjacent to an activating group) is 1. The van der Waals surface area contributed by atoms with Crippen LogP contribution in [0.3, 0.4) is 0 Å². The van der Waals surface area contributed by atoms with Gasteiger partial charge in [-0.05, 0) is 11.6 Å². The number of rotatable bonds is 2. The monoisotopic (exact) mass is 218 g/mol. The van der Waals surface area contributed by atoms with Crippen LogP contribution in [-0.2, 0) is 11.2 Å². The first-order valence-electron chi connectivity index (χ1n) is 5.57. The van der Waals surface area contributed by atoms with Crippen molar-refractivity contribution in [1.82, 2.24) is 10.3 Å². The van der Waals surface area contributed by atoms with Crippen LogP contribution in [0.2, 0.25) is 0 Å². The van der Waals surface area contributed by atoms with E-state index in [1.165, 1.54) is 0 Å². The van der Waals surface area contributed by atoms with E-state index in [1.807, 2.05) is 44.3 Å². The normalized spacial score (nSPS) is 9.44. The molecule has 0 atom stereocenters. The van der Waals surface area contributed by atoms with Crippen molar-refractivity contribution in [3.8, 4) is 0 Å². The van der Waals surface area contributed by atoms with Crippen LogP contribution in [-0.4, -0.2) is 17.9 Å². The van der Waals surface area contributed by atoms with Crippen LogP contribution >= 0.6 is 0 Å². The van der Waals surface area contributed by atoms with Gasteiger partial charge in [-0.1, -0.05) is 32.0 Å². The Balaban J connectivity index is 0.000000606. The fourth-order valence-corrected chi connectivity index (χ4v) is 1.54. The van der Waals surface area contributed by atoms with Gasteiger partial charge in [0.15, 0.2) is 0 Å². The molecule has 0 aliphatic carbocycles. The molecule has 0 radical (unpaired) electrons. The summed E-state index contributed by atoms with van der Waals surface area (Å²) < 4.78 is 0. The van der Waals surface area contributed by atoms with Crippen molar-refractivity contribution in [2.75, 3.05) is 7.05 Å². The third-order valence-corrected chi connectivity index (χ3v) is 2.30. The predicted molar refractivity (Wildman–Crippen MR) is 67.4 cm³/mol. The van der Waals surface area contributed by atoms with E-state index in [2.05, 4.69) is 10.3 Å². The van der Waals surface area contributed by atoms with Crippen LogP contribution in [0.15, 0.2) is 30.5 Å². The van der Waals surface area contributed by atoms with Gasteiger partial charge < -0.3 is 10.3 Å². The van der Waals surface area contributed by atoms with Crippen molar-refractivity contribution in [1.29, 1.82) is 0 Å². The van der Waals surface area contributed by atoms with Gasteiger partial charge in [-0.25, -0.2) is 0 Å². The highest BCUT2D eigenvalue weighted by Crippen LogP contribution is 2.17. The fraction of sp³-hybridized carbons (Fsp3) is 0.308. The Hall–Kier alpha value is -1.77. The van der Waals surface area contributed by atoms with E-state index in [0.717, 1.165) is 16.5 Å². The van der Waals surface area contributed by atoms with Gasteiger partial charge in [0.25, 0.3) is 0 Å². The minimum absolute atomic E-state index is 0.0368. The molecule has 1 aromatic heterocycles. The number of amides is 1. The summed E-state index contributed by atoms with van der Waals surface area (Å²) in [6.45, 7) is 4.00. The van der Waals surface area contributed by atoms with Crippen LogP contribution in [0, 0.1) is 0 Å². The average molecular weight is 218 g/mol. The Morgan fingerprint density at radius 2 is 2.00 bits per heavy atom. The summed E-state index contributed by atoms with van der Waals surface area (Å²) in [5.41, 5.74) is 2.12. The molecule has 2 N–H and O–H groups in total. The average Bonchev–Trinajstić information content (AvgIpc) is 2.75. The van der Waals surface area contributed by atoms with Crippen LogP contribution in [0.5, 0.6) is 0 Å². The highest BCUT2D eigenvalue weighted by atomic mass is 16.1. The molecule has 0 unspecified atom stereocenters. The van der Waals surface area contributed by atoms with Crippen molar-refractivity contribution >= 4 is 16.8 Å². The number of aromatic amines is 1. The molecule has 1 aromatic carbocycles. The predicted octanol–water partition coefficient (Wildman–Crippen LogP) is 2.48. The van der Waals surface area contributed by atoms with Gasteiger partial charge >= 0.3 is 0 Å². The van der Waals surface area contributed by atoms with Gasteiger partial charge in [0.1, 0.15) is 0 Å². The highest BCUT2D eigenvalue weighted by molar-refractivity contribution is 5.88. The molecule has 0 aliphatic rings. The lowest BCUT2D eigenvalue weighted by molar-refractivity contribution is -0.119. The standard InChI is InChI=1S/C11H12N2O.C2H6/c1-12-11(14)6-8-7-13-10-5-3-2-4-9(8)10;1-2/h2-5,7,13H,6H2,1H3,(H,12,14);1-2H3. The minimum Gasteiger partial charge on any atom is -0.361 e. The Morgan fingerprint density at radius 3 is 2.69 bits per heavy atom. The third kappa shape index (κ3) is 2.63. The molecule has 0 saturated carbocycles. The Kier molecular flexibility index (Phi) is 4.58. The molecule has 3 heteroatoms. The number of fused-ring (bicyclic) bond motifs is 1. The number of para-hydroxylation sites is 1. The molecule has 0 saturated heterocycles. The first-order chi connectivity index (χ1) is 7.81. The highest BCUT2D eigenvalue weighted by Gasteiger charge is 2.06. The van der Waals surface area contributed by atoms with E-state index < -0.39 is 0 Å². The summed E-state index contributed by atoms with van der Waals surface area (Å²) in [5.74, 6) is 0.0368. The zero-order valence-corrected chi connectivity index (χ0v) is 10.0. The maximum absolute atomic E-state index is 11.2. The van der Waals surface area contributed by atoms with Crippen LogP contribution in [0.1, 0.15) is 19.4 Å². The van der Waals surface area contributed by atoms with Crippen molar-refractivity contribution in [3.05, 3.63) is 36.0 Å². The summed E-state index contributed by atoms with van der Waals surface area (Å²) in [5, 5.41) is 3.74. The number of carbonyl (C=O) groups excluding carboxylic acids is 1. The Morgan fingerprint density at radius 1 is 1.31 bits per heavy atom. The summed E-state index contributed by atoms with van der Waals surface area (Å²) in [7, 11) is 1.65. The van der Waals surface area contributed by atoms with Crippen LogP contribution in [0.4, 0.5) is 0 Å². The molecule has 0 spiro atoms. The number of carbonyl (C=O) groups is 1. The van der Waals surface area contributed by atoms with Gasteiger partial charge in [-0.15, -0.1) is 0 Å². The number of benzene rings is 1. The van der Waals surface area contributed by atoms with E-state index in [-0.39, 0.29) is 5.91 Å². The fourth-order valence-electron chi connectivity index (χ4n) is 1.54. The summed E-state index contributed by atoms with van der Waals surface area (Å²) in [6, 6.07) is 7.97. The van der Waals surface area contributed by atoms with E-state index in [9.17, 15) is 4.79 Å². The lowest BCUT2D eigenvalue weighted by Gasteiger charge is -1.97. The zero-order chi connectivity index (χ0) is 12.0. The smallest absolute Gasteiger partial charge is 0.224 e. The first kappa shape index (κ1) is 12.3. The molecule has 0 aliphatic heterocycles. The van der Waals surface area contributed by atoms with Gasteiger partial charge in [0.05, 0.1) is 6.42 Å². The molecule has 2 aromatic rings. The van der Waals surface area contributed by atoms with E-state index in [1.54, 1.807) is 7.05 Å². The van der Waals surface area contributed by atoms with Gasteiger partial charge in [-0.3, -0.25) is 4.79 Å². The van der Waals surface area contributed by atoms with Crippen molar-refractivity contribution in [2.45, 2.75) is 20.3 Å². The molecule has 16 heavy (non-hydrogen) atoms. The van der Waals surface area contributed by atoms with E-state index in [0.29, 0.717) is 6.42 Å². The maximum Gasteiger partial charge on any atom is 0.224 e. The molecule has 1 heterocycles. The second-order valence-corrected chi connectivity index (χ2v) is 3.21. The molecule has 1 amide bonds. The summed E-state index contributed by atoms with van der Waals surface area (Å²) >= 11 is 0. The van der Waals surface area contributed by atoms with Crippen molar-refractivity contribution < 1.29 is 4.79 Å². The lowest BCUT2D eigenvalue weighted by Crippen LogP contribution is -2.19. The molecule has 0 fully saturated rings. The van der Waals surface area contributed by atoms with Crippen LogP contribution in [0.25, 0.3) is 10.9 Å². The van der Waals surface area contributed by atoms with E-state index in [4.69, 9.17) is 0 Å². The maximum atomic E-state index is 11.2. The molecular formula is C13H18N2O. The molecule has 2 rings (SSSR count). The quantitative estimate of drug-likeness (QED) is 0.799. The first-order valence-corrected chi connectivity index (χ1v) is 5.57. The number of aromatic nitrogens is 1. The number of H-pyrrole nitrogens is 1. The molecule has 0 bridgehead atoms. The molecular weight excluding hydrogens is 200 g/mol.